The molecule has 0 bridgehead atoms. The van der Waals surface area contributed by atoms with Crippen LogP contribution in [0.15, 0.2) is 23.1 Å². The van der Waals surface area contributed by atoms with Crippen LogP contribution in [0.4, 0.5) is 0 Å². The molecule has 2 aliphatic carbocycles. The first-order valence-corrected chi connectivity index (χ1v) is 10.4. The summed E-state index contributed by atoms with van der Waals surface area (Å²) >= 11 is 0. The first-order valence-electron chi connectivity index (χ1n) is 8.95. The van der Waals surface area contributed by atoms with Gasteiger partial charge in [-0.1, -0.05) is 12.8 Å². The van der Waals surface area contributed by atoms with Crippen LogP contribution in [0.25, 0.3) is 0 Å². The molecule has 5 nitrogen and oxygen atoms in total. The van der Waals surface area contributed by atoms with Gasteiger partial charge in [0.25, 0.3) is 0 Å². The van der Waals surface area contributed by atoms with Crippen molar-refractivity contribution in [3.8, 4) is 11.5 Å². The van der Waals surface area contributed by atoms with Crippen LogP contribution >= 0.6 is 0 Å². The average Bonchev–Trinajstić information content (AvgIpc) is 2.56. The number of hydrogen-bond donors (Lipinski definition) is 0. The molecular formula is C18H25NaO5S. The first-order chi connectivity index (χ1) is 11.5. The van der Waals surface area contributed by atoms with E-state index in [4.69, 9.17) is 9.47 Å². The Morgan fingerprint density at radius 3 is 1.88 bits per heavy atom. The minimum atomic E-state index is -4.56. The molecule has 0 N–H and O–H groups in total. The van der Waals surface area contributed by atoms with Gasteiger partial charge in [0.2, 0.25) is 0 Å². The van der Waals surface area contributed by atoms with Crippen LogP contribution in [-0.4, -0.2) is 25.2 Å². The molecular weight excluding hydrogens is 351 g/mol. The maximum atomic E-state index is 11.5. The van der Waals surface area contributed by atoms with Crippen molar-refractivity contribution in [2.75, 3.05) is 0 Å². The van der Waals surface area contributed by atoms with Crippen molar-refractivity contribution in [2.24, 2.45) is 0 Å². The molecule has 2 aliphatic rings. The molecule has 2 fully saturated rings. The van der Waals surface area contributed by atoms with Gasteiger partial charge in [-0.15, -0.1) is 0 Å². The molecule has 1 aromatic carbocycles. The van der Waals surface area contributed by atoms with Crippen molar-refractivity contribution in [1.29, 1.82) is 0 Å². The number of rotatable bonds is 5. The fraction of sp³-hybridized carbons (Fsp3) is 0.667. The van der Waals surface area contributed by atoms with Gasteiger partial charge in [0.05, 0.1) is 17.1 Å². The van der Waals surface area contributed by atoms with Gasteiger partial charge in [-0.3, -0.25) is 0 Å². The third-order valence-corrected chi connectivity index (χ3v) is 5.76. The SMILES string of the molecule is O=S(=O)([O-])c1ccc(OC2CCCCC2)cc1OC1CCCCC1.[Na+]. The topological polar surface area (TPSA) is 75.7 Å². The average molecular weight is 376 g/mol. The Bertz CT molecular complexity index is 649. The van der Waals surface area contributed by atoms with Crippen molar-refractivity contribution in [2.45, 2.75) is 81.3 Å². The second-order valence-corrected chi connectivity index (χ2v) is 8.17. The second kappa shape index (κ2) is 9.60. The standard InChI is InChI=1S/C18H26O5S.Na/c19-24(20,21)18-12-11-16(22-14-7-3-1-4-8-14)13-17(18)23-15-9-5-2-6-10-15;/h11-15H,1-10H2,(H,19,20,21);/q;+1/p-1. The smallest absolute Gasteiger partial charge is 0.744 e. The van der Waals surface area contributed by atoms with Crippen LogP contribution in [0.5, 0.6) is 11.5 Å². The van der Waals surface area contributed by atoms with E-state index in [1.165, 1.54) is 18.9 Å². The molecule has 0 unspecified atom stereocenters. The van der Waals surface area contributed by atoms with E-state index in [0.29, 0.717) is 5.75 Å². The zero-order valence-corrected chi connectivity index (χ0v) is 17.7. The zero-order valence-electron chi connectivity index (χ0n) is 14.9. The second-order valence-electron chi connectivity index (χ2n) is 6.82. The van der Waals surface area contributed by atoms with E-state index < -0.39 is 10.1 Å². The summed E-state index contributed by atoms with van der Waals surface area (Å²) in [6.45, 7) is 0. The van der Waals surface area contributed by atoms with E-state index in [9.17, 15) is 13.0 Å². The summed E-state index contributed by atoms with van der Waals surface area (Å²) in [4.78, 5) is -0.288. The van der Waals surface area contributed by atoms with Crippen LogP contribution in [0.1, 0.15) is 64.2 Å². The molecule has 3 rings (SSSR count). The molecule has 0 heterocycles. The molecule has 0 amide bonds. The Morgan fingerprint density at radius 1 is 0.840 bits per heavy atom. The quantitative estimate of drug-likeness (QED) is 0.566. The summed E-state index contributed by atoms with van der Waals surface area (Å²) < 4.78 is 46.4. The minimum absolute atomic E-state index is 0. The van der Waals surface area contributed by atoms with Gasteiger partial charge < -0.3 is 14.0 Å². The number of benzene rings is 1. The van der Waals surface area contributed by atoms with Gasteiger partial charge >= 0.3 is 29.6 Å². The van der Waals surface area contributed by atoms with E-state index in [1.54, 1.807) is 12.1 Å². The van der Waals surface area contributed by atoms with E-state index in [0.717, 1.165) is 51.4 Å². The van der Waals surface area contributed by atoms with Crippen molar-refractivity contribution in [3.05, 3.63) is 18.2 Å². The molecule has 134 valence electrons. The Hall–Kier alpha value is -0.270. The van der Waals surface area contributed by atoms with Crippen molar-refractivity contribution in [3.63, 3.8) is 0 Å². The van der Waals surface area contributed by atoms with Crippen LogP contribution in [-0.2, 0) is 10.1 Å². The largest absolute Gasteiger partial charge is 1.00 e. The van der Waals surface area contributed by atoms with Gasteiger partial charge in [0.1, 0.15) is 21.6 Å². The molecule has 0 atom stereocenters. The Labute approximate surface area is 172 Å². The summed E-state index contributed by atoms with van der Waals surface area (Å²) in [5.41, 5.74) is 0. The molecule has 0 saturated heterocycles. The molecule has 0 spiro atoms. The summed E-state index contributed by atoms with van der Waals surface area (Å²) in [7, 11) is -4.56. The number of ether oxygens (including phenoxy) is 2. The maximum absolute atomic E-state index is 11.5. The Morgan fingerprint density at radius 2 is 1.36 bits per heavy atom. The molecule has 2 saturated carbocycles. The van der Waals surface area contributed by atoms with Gasteiger partial charge in [-0.05, 0) is 63.5 Å². The van der Waals surface area contributed by atoms with Crippen LogP contribution in [0, 0.1) is 0 Å². The van der Waals surface area contributed by atoms with Gasteiger partial charge in [0.15, 0.2) is 0 Å². The van der Waals surface area contributed by atoms with Crippen molar-refractivity contribution < 1.29 is 52.0 Å². The predicted molar refractivity (Wildman–Crippen MR) is 89.4 cm³/mol. The van der Waals surface area contributed by atoms with Crippen LogP contribution in [0.3, 0.4) is 0 Å². The summed E-state index contributed by atoms with van der Waals surface area (Å²) in [5, 5.41) is 0. The first kappa shape index (κ1) is 21.0. The van der Waals surface area contributed by atoms with Gasteiger partial charge in [-0.25, -0.2) is 8.42 Å². The van der Waals surface area contributed by atoms with E-state index in [2.05, 4.69) is 0 Å². The van der Waals surface area contributed by atoms with Gasteiger partial charge in [-0.2, -0.15) is 0 Å². The summed E-state index contributed by atoms with van der Waals surface area (Å²) in [5.74, 6) is 0.727. The molecule has 0 aliphatic heterocycles. The van der Waals surface area contributed by atoms with Crippen LogP contribution in [0.2, 0.25) is 0 Å². The van der Waals surface area contributed by atoms with Crippen molar-refractivity contribution in [1.82, 2.24) is 0 Å². The van der Waals surface area contributed by atoms with E-state index in [-0.39, 0.29) is 52.4 Å². The molecule has 1 aromatic rings. The fourth-order valence-electron chi connectivity index (χ4n) is 3.60. The zero-order chi connectivity index (χ0) is 17.0. The summed E-state index contributed by atoms with van der Waals surface area (Å²) in [6.07, 6.45) is 10.8. The Kier molecular flexibility index (Phi) is 8.08. The third-order valence-electron chi connectivity index (χ3n) is 4.89. The Balaban J connectivity index is 0.00000225. The monoisotopic (exact) mass is 376 g/mol. The molecule has 0 radical (unpaired) electrons. The van der Waals surface area contributed by atoms with E-state index in [1.807, 2.05) is 0 Å². The minimum Gasteiger partial charge on any atom is -0.744 e. The molecule has 25 heavy (non-hydrogen) atoms. The van der Waals surface area contributed by atoms with Crippen molar-refractivity contribution >= 4 is 10.1 Å². The molecule has 0 aromatic heterocycles. The maximum Gasteiger partial charge on any atom is 1.00 e. The fourth-order valence-corrected chi connectivity index (χ4v) is 4.19. The molecule has 7 heteroatoms. The summed E-state index contributed by atoms with van der Waals surface area (Å²) in [6, 6.07) is 4.46. The predicted octanol–water partition coefficient (Wildman–Crippen LogP) is 1.02. The van der Waals surface area contributed by atoms with Crippen LogP contribution < -0.4 is 39.0 Å². The van der Waals surface area contributed by atoms with Gasteiger partial charge in [0, 0.05) is 6.07 Å². The normalized spacial score (nSPS) is 19.9. The number of hydrogen-bond acceptors (Lipinski definition) is 5. The van der Waals surface area contributed by atoms with E-state index >= 15 is 0 Å². The third kappa shape index (κ3) is 6.14.